The highest BCUT2D eigenvalue weighted by atomic mass is 15.4. The minimum Gasteiger partial charge on any atom is -0.378 e. The summed E-state index contributed by atoms with van der Waals surface area (Å²) in [6.07, 6.45) is 0.701. The van der Waals surface area contributed by atoms with Crippen LogP contribution < -0.4 is 4.90 Å². The minimum absolute atomic E-state index is 0.190. The summed E-state index contributed by atoms with van der Waals surface area (Å²) in [6.45, 7) is 1.58. The first-order chi connectivity index (χ1) is 16.1. The normalized spacial score (nSPS) is 17.0. The first kappa shape index (κ1) is 22.6. The zero-order valence-corrected chi connectivity index (χ0v) is 19.2. The average molecular weight is 436 g/mol. The summed E-state index contributed by atoms with van der Waals surface area (Å²) in [6, 6.07) is 32.6. The molecule has 0 aromatic heterocycles. The van der Waals surface area contributed by atoms with E-state index in [2.05, 4.69) is 51.1 Å². The van der Waals surface area contributed by atoms with Crippen LogP contribution in [-0.2, 0) is 0 Å². The number of rotatable bonds is 6. The Hall–Kier alpha value is -3.64. The van der Waals surface area contributed by atoms with Crippen LogP contribution in [0.1, 0.15) is 41.4 Å². The van der Waals surface area contributed by atoms with Gasteiger partial charge in [-0.2, -0.15) is 10.5 Å². The number of benzene rings is 3. The van der Waals surface area contributed by atoms with Crippen molar-refractivity contribution in [2.24, 2.45) is 0 Å². The third-order valence-electron chi connectivity index (χ3n) is 6.31. The van der Waals surface area contributed by atoms with E-state index in [1.807, 2.05) is 74.8 Å². The lowest BCUT2D eigenvalue weighted by atomic mass is 9.97. The van der Waals surface area contributed by atoms with Gasteiger partial charge in [-0.3, -0.25) is 9.80 Å². The van der Waals surface area contributed by atoms with Gasteiger partial charge in [0.15, 0.2) is 0 Å². The van der Waals surface area contributed by atoms with E-state index in [0.29, 0.717) is 0 Å². The van der Waals surface area contributed by atoms with Crippen LogP contribution in [0.25, 0.3) is 0 Å². The molecule has 1 aliphatic rings. The lowest BCUT2D eigenvalue weighted by Gasteiger charge is -2.47. The average Bonchev–Trinajstić information content (AvgIpc) is 2.86. The molecule has 2 atom stereocenters. The zero-order valence-electron chi connectivity index (χ0n) is 19.2. The van der Waals surface area contributed by atoms with Crippen LogP contribution in [0.15, 0.2) is 84.9 Å². The molecule has 1 heterocycles. The Morgan fingerprint density at radius 2 is 1.18 bits per heavy atom. The summed E-state index contributed by atoms with van der Waals surface area (Å²) < 4.78 is 0. The van der Waals surface area contributed by atoms with Crippen LogP contribution in [-0.4, -0.2) is 37.0 Å². The zero-order chi connectivity index (χ0) is 23.2. The molecule has 0 unspecified atom stereocenters. The van der Waals surface area contributed by atoms with Gasteiger partial charge < -0.3 is 4.90 Å². The predicted molar refractivity (Wildman–Crippen MR) is 131 cm³/mol. The van der Waals surface area contributed by atoms with E-state index in [4.69, 9.17) is 0 Å². The van der Waals surface area contributed by atoms with Gasteiger partial charge in [0, 0.05) is 32.9 Å². The van der Waals surface area contributed by atoms with Crippen molar-refractivity contribution in [3.8, 4) is 12.1 Å². The molecule has 0 bridgehead atoms. The van der Waals surface area contributed by atoms with Crippen molar-refractivity contribution in [2.45, 2.75) is 24.7 Å². The van der Waals surface area contributed by atoms with Gasteiger partial charge in [0.1, 0.15) is 12.1 Å². The Morgan fingerprint density at radius 3 is 1.58 bits per heavy atom. The summed E-state index contributed by atoms with van der Waals surface area (Å²) in [7, 11) is 4.05. The van der Waals surface area contributed by atoms with Crippen molar-refractivity contribution < 1.29 is 0 Å². The maximum absolute atomic E-state index is 10.2. The van der Waals surface area contributed by atoms with Gasteiger partial charge in [-0.15, -0.1) is 0 Å². The Bertz CT molecular complexity index is 1050. The van der Waals surface area contributed by atoms with Crippen LogP contribution >= 0.6 is 0 Å². The lowest BCUT2D eigenvalue weighted by molar-refractivity contribution is -0.0286. The van der Waals surface area contributed by atoms with Crippen LogP contribution in [0.5, 0.6) is 0 Å². The highest BCUT2D eigenvalue weighted by Crippen LogP contribution is 2.40. The third kappa shape index (κ3) is 4.76. The summed E-state index contributed by atoms with van der Waals surface area (Å²) in [5.41, 5.74) is 4.16. The number of hydrogen-bond acceptors (Lipinski definition) is 5. The predicted octanol–water partition coefficient (Wildman–Crippen LogP) is 5.29. The molecule has 4 rings (SSSR count). The first-order valence-corrected chi connectivity index (χ1v) is 11.3. The molecule has 166 valence electrons. The van der Waals surface area contributed by atoms with E-state index < -0.39 is 12.1 Å². The summed E-state index contributed by atoms with van der Waals surface area (Å²) >= 11 is 0. The SMILES string of the molecule is CN(C)c1ccc(C2N([C@@H](C#N)c3ccccc3)CCCN2[C@@H](C#N)c2ccccc2)cc1. The first-order valence-electron chi connectivity index (χ1n) is 11.3. The molecule has 0 amide bonds. The van der Waals surface area contributed by atoms with Crippen molar-refractivity contribution in [3.63, 3.8) is 0 Å². The molecule has 5 nitrogen and oxygen atoms in total. The Balaban J connectivity index is 1.80. The second-order valence-electron chi connectivity index (χ2n) is 8.57. The standard InChI is InChI=1S/C28H29N5/c1-31(2)25-16-14-24(15-17-25)28-32(26(20-29)22-10-5-3-6-11-22)18-9-19-33(28)27(21-30)23-12-7-4-8-13-23/h3-8,10-17,26-28H,9,18-19H2,1-2H3/t26-,27-/m0/s1. The molecule has 3 aromatic carbocycles. The second-order valence-corrected chi connectivity index (χ2v) is 8.57. The minimum atomic E-state index is -0.400. The molecule has 1 fully saturated rings. The van der Waals surface area contributed by atoms with Gasteiger partial charge >= 0.3 is 0 Å². The Labute approximate surface area is 196 Å². The molecule has 1 saturated heterocycles. The summed E-state index contributed by atoms with van der Waals surface area (Å²) in [5, 5.41) is 20.5. The largest absolute Gasteiger partial charge is 0.378 e. The summed E-state index contributed by atoms with van der Waals surface area (Å²) in [4.78, 5) is 6.57. The van der Waals surface area contributed by atoms with Crippen LogP contribution in [0.2, 0.25) is 0 Å². The molecule has 1 aliphatic heterocycles. The highest BCUT2D eigenvalue weighted by Gasteiger charge is 2.39. The van der Waals surface area contributed by atoms with Gasteiger partial charge in [0.05, 0.1) is 18.3 Å². The van der Waals surface area contributed by atoms with E-state index in [1.165, 1.54) is 0 Å². The molecular formula is C28H29N5. The second kappa shape index (κ2) is 10.3. The van der Waals surface area contributed by atoms with E-state index in [-0.39, 0.29) is 6.17 Å². The molecule has 33 heavy (non-hydrogen) atoms. The van der Waals surface area contributed by atoms with Gasteiger partial charge in [-0.25, -0.2) is 0 Å². The van der Waals surface area contributed by atoms with Gasteiger partial charge in [0.2, 0.25) is 0 Å². The fourth-order valence-corrected chi connectivity index (χ4v) is 4.69. The number of nitrogens with zero attached hydrogens (tertiary/aromatic N) is 5. The Kier molecular flexibility index (Phi) is 7.05. The lowest BCUT2D eigenvalue weighted by Crippen LogP contribution is -2.49. The van der Waals surface area contributed by atoms with Crippen LogP contribution in [0, 0.1) is 22.7 Å². The number of nitriles is 2. The summed E-state index contributed by atoms with van der Waals surface area (Å²) in [5.74, 6) is 0. The van der Waals surface area contributed by atoms with Crippen molar-refractivity contribution in [1.82, 2.24) is 9.80 Å². The molecule has 0 spiro atoms. The van der Waals surface area contributed by atoms with Crippen molar-refractivity contribution >= 4 is 5.69 Å². The van der Waals surface area contributed by atoms with Gasteiger partial charge in [-0.05, 0) is 35.2 Å². The molecule has 0 radical (unpaired) electrons. The van der Waals surface area contributed by atoms with E-state index in [0.717, 1.165) is 41.9 Å². The maximum atomic E-state index is 10.2. The van der Waals surface area contributed by atoms with Crippen molar-refractivity contribution in [3.05, 3.63) is 102 Å². The van der Waals surface area contributed by atoms with E-state index in [9.17, 15) is 10.5 Å². The van der Waals surface area contributed by atoms with Gasteiger partial charge in [0.25, 0.3) is 0 Å². The fourth-order valence-electron chi connectivity index (χ4n) is 4.69. The molecular weight excluding hydrogens is 406 g/mol. The van der Waals surface area contributed by atoms with E-state index in [1.54, 1.807) is 0 Å². The van der Waals surface area contributed by atoms with E-state index >= 15 is 0 Å². The third-order valence-corrected chi connectivity index (χ3v) is 6.31. The van der Waals surface area contributed by atoms with Gasteiger partial charge in [-0.1, -0.05) is 72.8 Å². The highest BCUT2D eigenvalue weighted by molar-refractivity contribution is 5.46. The molecule has 5 heteroatoms. The van der Waals surface area contributed by atoms with Crippen molar-refractivity contribution in [1.29, 1.82) is 10.5 Å². The molecule has 3 aromatic rings. The van der Waals surface area contributed by atoms with Crippen LogP contribution in [0.4, 0.5) is 5.69 Å². The van der Waals surface area contributed by atoms with Crippen molar-refractivity contribution in [2.75, 3.05) is 32.1 Å². The number of hydrogen-bond donors (Lipinski definition) is 0. The quantitative estimate of drug-likeness (QED) is 0.527. The topological polar surface area (TPSA) is 57.3 Å². The molecule has 0 saturated carbocycles. The monoisotopic (exact) mass is 435 g/mol. The smallest absolute Gasteiger partial charge is 0.125 e. The molecule has 0 aliphatic carbocycles. The van der Waals surface area contributed by atoms with Crippen LogP contribution in [0.3, 0.4) is 0 Å². The number of anilines is 1. The molecule has 0 N–H and O–H groups in total. The fraction of sp³-hybridized carbons (Fsp3) is 0.286. The maximum Gasteiger partial charge on any atom is 0.125 e. The Morgan fingerprint density at radius 1 is 0.727 bits per heavy atom.